The zero-order chi connectivity index (χ0) is 22.7. The normalized spacial score (nSPS) is 12.0. The fraction of sp³-hybridized carbons (Fsp3) is 0.385. The van der Waals surface area contributed by atoms with Crippen molar-refractivity contribution < 1.29 is 14.6 Å². The molecule has 3 rings (SSSR count). The van der Waals surface area contributed by atoms with Gasteiger partial charge in [0, 0.05) is 5.56 Å². The first-order chi connectivity index (χ1) is 14.8. The van der Waals surface area contributed by atoms with Gasteiger partial charge in [0.05, 0.1) is 48.7 Å². The van der Waals surface area contributed by atoms with Gasteiger partial charge in [0.2, 0.25) is 0 Å². The summed E-state index contributed by atoms with van der Waals surface area (Å²) in [4.78, 5) is 10.2. The fourth-order valence-corrected chi connectivity index (χ4v) is 3.81. The number of aliphatic hydroxyl groups is 1. The summed E-state index contributed by atoms with van der Waals surface area (Å²) in [6, 6.07) is 10.1. The smallest absolute Gasteiger partial charge is 0.132 e. The van der Waals surface area contributed by atoms with Gasteiger partial charge in [-0.3, -0.25) is 0 Å². The van der Waals surface area contributed by atoms with Crippen molar-refractivity contribution in [1.82, 2.24) is 9.97 Å². The molecule has 1 unspecified atom stereocenters. The summed E-state index contributed by atoms with van der Waals surface area (Å²) < 4.78 is 11.4. The third kappa shape index (κ3) is 4.42. The van der Waals surface area contributed by atoms with E-state index in [2.05, 4.69) is 45.9 Å². The first kappa shape index (κ1) is 22.8. The lowest BCUT2D eigenvalue weighted by Gasteiger charge is -2.20. The van der Waals surface area contributed by atoms with Crippen LogP contribution in [0.1, 0.15) is 55.0 Å². The van der Waals surface area contributed by atoms with Crippen molar-refractivity contribution in [2.75, 3.05) is 14.2 Å². The van der Waals surface area contributed by atoms with Gasteiger partial charge in [-0.2, -0.15) is 0 Å². The molecular formula is C26H32N2O3. The maximum atomic E-state index is 10.1. The van der Waals surface area contributed by atoms with Crippen molar-refractivity contribution in [3.05, 3.63) is 58.4 Å². The first-order valence-electron chi connectivity index (χ1n) is 10.8. The molecule has 0 spiro atoms. The third-order valence-electron chi connectivity index (χ3n) is 5.61. The van der Waals surface area contributed by atoms with E-state index in [4.69, 9.17) is 19.4 Å². The van der Waals surface area contributed by atoms with Crippen LogP contribution in [0.4, 0.5) is 0 Å². The molecule has 164 valence electrons. The van der Waals surface area contributed by atoms with Gasteiger partial charge in [0.15, 0.2) is 0 Å². The summed E-state index contributed by atoms with van der Waals surface area (Å²) in [6.45, 7) is 10.1. The van der Waals surface area contributed by atoms with Gasteiger partial charge >= 0.3 is 0 Å². The Balaban J connectivity index is 2.32. The number of hydrogen-bond donors (Lipinski definition) is 1. The predicted octanol–water partition coefficient (Wildman–Crippen LogP) is 5.62. The van der Waals surface area contributed by atoms with Crippen LogP contribution < -0.4 is 9.47 Å². The minimum Gasteiger partial charge on any atom is -0.496 e. The lowest BCUT2D eigenvalue weighted by Crippen LogP contribution is -2.07. The highest BCUT2D eigenvalue weighted by Crippen LogP contribution is 2.42. The zero-order valence-electron chi connectivity index (χ0n) is 19.5. The van der Waals surface area contributed by atoms with Gasteiger partial charge < -0.3 is 14.6 Å². The number of aliphatic hydroxyl groups excluding tert-OH is 1. The third-order valence-corrected chi connectivity index (χ3v) is 5.61. The van der Waals surface area contributed by atoms with Crippen LogP contribution in [0.3, 0.4) is 0 Å². The molecule has 0 saturated carbocycles. The summed E-state index contributed by atoms with van der Waals surface area (Å²) in [5, 5.41) is 10.1. The lowest BCUT2D eigenvalue weighted by atomic mass is 9.97. The SMILES string of the molecule is CCc1nc(-c2c(OC)cc(C(C)O)cc2OC)c(CC)nc1-c1cc(C)ccc1C. The van der Waals surface area contributed by atoms with Crippen LogP contribution in [-0.2, 0) is 12.8 Å². The number of benzene rings is 2. The van der Waals surface area contributed by atoms with Gasteiger partial charge in [-0.25, -0.2) is 9.97 Å². The first-order valence-corrected chi connectivity index (χ1v) is 10.8. The standard InChI is InChI=1S/C26H32N2O3/c1-8-20-25(19-12-15(3)10-11-16(19)4)27-21(9-2)26(28-20)24-22(30-6)13-18(17(5)29)14-23(24)31-7/h10-14,17,29H,8-9H2,1-7H3. The Morgan fingerprint density at radius 3 is 1.94 bits per heavy atom. The molecule has 1 atom stereocenters. The van der Waals surface area contributed by atoms with E-state index in [1.54, 1.807) is 21.1 Å². The monoisotopic (exact) mass is 420 g/mol. The Morgan fingerprint density at radius 1 is 0.871 bits per heavy atom. The number of aromatic nitrogens is 2. The van der Waals surface area contributed by atoms with E-state index in [9.17, 15) is 5.11 Å². The number of rotatable bonds is 7. The highest BCUT2D eigenvalue weighted by atomic mass is 16.5. The molecular weight excluding hydrogens is 388 g/mol. The summed E-state index contributed by atoms with van der Waals surface area (Å²) >= 11 is 0. The summed E-state index contributed by atoms with van der Waals surface area (Å²) in [7, 11) is 3.24. The van der Waals surface area contributed by atoms with Crippen LogP contribution in [-0.4, -0.2) is 29.3 Å². The molecule has 0 aliphatic rings. The predicted molar refractivity (Wildman–Crippen MR) is 125 cm³/mol. The van der Waals surface area contributed by atoms with Crippen molar-refractivity contribution in [3.8, 4) is 34.0 Å². The van der Waals surface area contributed by atoms with E-state index in [0.29, 0.717) is 17.9 Å². The highest BCUT2D eigenvalue weighted by Gasteiger charge is 2.23. The quantitative estimate of drug-likeness (QED) is 0.537. The van der Waals surface area contributed by atoms with Crippen LogP contribution in [0.5, 0.6) is 11.5 Å². The van der Waals surface area contributed by atoms with Gasteiger partial charge in [-0.15, -0.1) is 0 Å². The van der Waals surface area contributed by atoms with Crippen LogP contribution in [0.25, 0.3) is 22.5 Å². The van der Waals surface area contributed by atoms with Crippen molar-refractivity contribution in [2.45, 2.75) is 53.6 Å². The molecule has 0 aliphatic heterocycles. The van der Waals surface area contributed by atoms with E-state index in [0.717, 1.165) is 45.9 Å². The average molecular weight is 421 g/mol. The second-order valence-electron chi connectivity index (χ2n) is 7.82. The maximum Gasteiger partial charge on any atom is 0.132 e. The van der Waals surface area contributed by atoms with E-state index in [-0.39, 0.29) is 0 Å². The van der Waals surface area contributed by atoms with Crippen LogP contribution in [0, 0.1) is 13.8 Å². The second-order valence-corrected chi connectivity index (χ2v) is 7.82. The van der Waals surface area contributed by atoms with Crippen molar-refractivity contribution in [1.29, 1.82) is 0 Å². The summed E-state index contributed by atoms with van der Waals surface area (Å²) in [6.07, 6.45) is 0.837. The van der Waals surface area contributed by atoms with Gasteiger partial charge in [0.25, 0.3) is 0 Å². The minimum atomic E-state index is -0.633. The Kier molecular flexibility index (Phi) is 6.96. The molecule has 0 fully saturated rings. The van der Waals surface area contributed by atoms with E-state index in [1.165, 1.54) is 11.1 Å². The van der Waals surface area contributed by atoms with Crippen molar-refractivity contribution >= 4 is 0 Å². The summed E-state index contributed by atoms with van der Waals surface area (Å²) in [5.41, 5.74) is 8.51. The Morgan fingerprint density at radius 2 is 1.42 bits per heavy atom. The van der Waals surface area contributed by atoms with Crippen molar-refractivity contribution in [3.63, 3.8) is 0 Å². The number of aryl methyl sites for hydroxylation is 4. The van der Waals surface area contributed by atoms with Crippen LogP contribution >= 0.6 is 0 Å². The Labute approximate surface area is 185 Å². The molecule has 3 aromatic rings. The molecule has 2 aromatic carbocycles. The highest BCUT2D eigenvalue weighted by molar-refractivity contribution is 5.78. The molecule has 1 aromatic heterocycles. The maximum absolute atomic E-state index is 10.1. The van der Waals surface area contributed by atoms with Gasteiger partial charge in [0.1, 0.15) is 11.5 Å². The Hall–Kier alpha value is -2.92. The Bertz CT molecular complexity index is 1070. The van der Waals surface area contributed by atoms with Crippen LogP contribution in [0.2, 0.25) is 0 Å². The molecule has 0 saturated heterocycles. The lowest BCUT2D eigenvalue weighted by molar-refractivity contribution is 0.198. The van der Waals surface area contributed by atoms with Crippen LogP contribution in [0.15, 0.2) is 30.3 Å². The molecule has 1 N–H and O–H groups in total. The largest absolute Gasteiger partial charge is 0.496 e. The van der Waals surface area contributed by atoms with Gasteiger partial charge in [-0.1, -0.05) is 31.5 Å². The topological polar surface area (TPSA) is 64.5 Å². The van der Waals surface area contributed by atoms with Gasteiger partial charge in [-0.05, 0) is 62.9 Å². The molecule has 5 nitrogen and oxygen atoms in total. The number of hydrogen-bond acceptors (Lipinski definition) is 5. The fourth-order valence-electron chi connectivity index (χ4n) is 3.81. The van der Waals surface area contributed by atoms with E-state index >= 15 is 0 Å². The second kappa shape index (κ2) is 9.48. The van der Waals surface area contributed by atoms with E-state index in [1.807, 2.05) is 12.1 Å². The van der Waals surface area contributed by atoms with E-state index < -0.39 is 6.10 Å². The number of methoxy groups -OCH3 is 2. The molecule has 31 heavy (non-hydrogen) atoms. The molecule has 0 aliphatic carbocycles. The number of ether oxygens (including phenoxy) is 2. The molecule has 0 bridgehead atoms. The number of nitrogens with zero attached hydrogens (tertiary/aromatic N) is 2. The minimum absolute atomic E-state index is 0.612. The zero-order valence-corrected chi connectivity index (χ0v) is 19.5. The average Bonchev–Trinajstić information content (AvgIpc) is 2.78. The molecule has 5 heteroatoms. The molecule has 0 radical (unpaired) electrons. The summed E-state index contributed by atoms with van der Waals surface area (Å²) in [5.74, 6) is 1.22. The molecule has 0 amide bonds. The molecule has 1 heterocycles. The van der Waals surface area contributed by atoms with Crippen molar-refractivity contribution in [2.24, 2.45) is 0 Å².